The molecule has 7 heteroatoms. The van der Waals surface area contributed by atoms with Gasteiger partial charge in [0.05, 0.1) is 10.8 Å². The Labute approximate surface area is 154 Å². The summed E-state index contributed by atoms with van der Waals surface area (Å²) in [5.74, 6) is -0.445. The molecule has 0 saturated carbocycles. The normalized spacial score (nSPS) is 13.9. The van der Waals surface area contributed by atoms with Crippen LogP contribution in [0.1, 0.15) is 30.7 Å². The Morgan fingerprint density at radius 3 is 2.73 bits per heavy atom. The Kier molecular flexibility index (Phi) is 3.91. The van der Waals surface area contributed by atoms with Gasteiger partial charge < -0.3 is 5.11 Å². The van der Waals surface area contributed by atoms with Gasteiger partial charge in [0.1, 0.15) is 10.7 Å². The number of hydrogen-bond donors (Lipinski definition) is 1. The van der Waals surface area contributed by atoms with Crippen LogP contribution < -0.4 is 5.56 Å². The number of rotatable bonds is 4. The molecule has 0 aliphatic heterocycles. The third-order valence-corrected chi connectivity index (χ3v) is 6.08. The second-order valence-electron chi connectivity index (χ2n) is 7.29. The molecule has 1 aliphatic rings. The highest BCUT2D eigenvalue weighted by molar-refractivity contribution is 7.18. The van der Waals surface area contributed by atoms with E-state index in [1.54, 1.807) is 49.7 Å². The highest BCUT2D eigenvalue weighted by Gasteiger charge is 2.31. The monoisotopic (exact) mass is 369 g/mol. The Morgan fingerprint density at radius 1 is 1.31 bits per heavy atom. The lowest BCUT2D eigenvalue weighted by Crippen LogP contribution is -2.35. The first-order chi connectivity index (χ1) is 12.4. The first kappa shape index (κ1) is 16.9. The molecule has 0 amide bonds. The Balaban J connectivity index is 2.01. The Hall–Kier alpha value is -2.54. The summed E-state index contributed by atoms with van der Waals surface area (Å²) in [4.78, 5) is 35.8. The second kappa shape index (κ2) is 6.02. The number of pyridine rings is 1. The van der Waals surface area contributed by atoms with Crippen molar-refractivity contribution in [3.8, 4) is 11.4 Å². The standard InChI is InChI=1S/C19H19N3O3S/c1-19(2,18(24)25)10-22-15(11-6-8-20-9-7-11)21-16-14(17(22)23)12-4-3-5-13(12)26-16/h6-9H,3-5,10H2,1-2H3,(H,24,25). The first-order valence-corrected chi connectivity index (χ1v) is 9.39. The summed E-state index contributed by atoms with van der Waals surface area (Å²) in [6.07, 6.45) is 6.23. The smallest absolute Gasteiger partial charge is 0.310 e. The number of aliphatic carboxylic acids is 1. The predicted octanol–water partition coefficient (Wildman–Crippen LogP) is 3.12. The fourth-order valence-corrected chi connectivity index (χ4v) is 4.66. The van der Waals surface area contributed by atoms with Gasteiger partial charge in [-0.05, 0) is 50.8 Å². The SMILES string of the molecule is CC(C)(Cn1c(-c2ccncc2)nc2sc3c(c2c1=O)CCC3)C(=O)O. The lowest BCUT2D eigenvalue weighted by Gasteiger charge is -2.22. The van der Waals surface area contributed by atoms with Crippen LogP contribution in [0.5, 0.6) is 0 Å². The van der Waals surface area contributed by atoms with Crippen LogP contribution in [0, 0.1) is 5.41 Å². The fraction of sp³-hybridized carbons (Fsp3) is 0.368. The van der Waals surface area contributed by atoms with E-state index in [1.165, 1.54) is 9.44 Å². The van der Waals surface area contributed by atoms with Gasteiger partial charge >= 0.3 is 5.97 Å². The van der Waals surface area contributed by atoms with Crippen molar-refractivity contribution in [2.24, 2.45) is 5.41 Å². The molecular weight excluding hydrogens is 350 g/mol. The second-order valence-corrected chi connectivity index (χ2v) is 8.37. The molecule has 0 radical (unpaired) electrons. The minimum atomic E-state index is -1.08. The minimum absolute atomic E-state index is 0.0619. The topological polar surface area (TPSA) is 85.1 Å². The summed E-state index contributed by atoms with van der Waals surface area (Å²) in [7, 11) is 0. The maximum absolute atomic E-state index is 13.4. The summed E-state index contributed by atoms with van der Waals surface area (Å²) >= 11 is 1.59. The Bertz CT molecular complexity index is 1070. The zero-order valence-electron chi connectivity index (χ0n) is 14.7. The summed E-state index contributed by atoms with van der Waals surface area (Å²) in [6, 6.07) is 3.58. The molecule has 3 aromatic heterocycles. The molecule has 1 aliphatic carbocycles. The molecule has 0 atom stereocenters. The molecule has 26 heavy (non-hydrogen) atoms. The molecule has 3 heterocycles. The predicted molar refractivity (Wildman–Crippen MR) is 101 cm³/mol. The molecule has 0 spiro atoms. The number of carboxylic acids is 1. The zero-order chi connectivity index (χ0) is 18.5. The van der Waals surface area contributed by atoms with Crippen LogP contribution in [0.4, 0.5) is 0 Å². The van der Waals surface area contributed by atoms with Crippen molar-refractivity contribution in [3.63, 3.8) is 0 Å². The average molecular weight is 369 g/mol. The van der Waals surface area contributed by atoms with Gasteiger partial charge in [0.2, 0.25) is 0 Å². The van der Waals surface area contributed by atoms with Crippen LogP contribution >= 0.6 is 11.3 Å². The molecule has 4 rings (SSSR count). The average Bonchev–Trinajstić information content (AvgIpc) is 3.18. The molecule has 0 fully saturated rings. The van der Waals surface area contributed by atoms with Crippen molar-refractivity contribution in [2.75, 3.05) is 0 Å². The summed E-state index contributed by atoms with van der Waals surface area (Å²) < 4.78 is 1.52. The first-order valence-electron chi connectivity index (χ1n) is 8.57. The molecule has 0 aromatic carbocycles. The molecule has 0 bridgehead atoms. The van der Waals surface area contributed by atoms with Crippen LogP contribution in [0.15, 0.2) is 29.3 Å². The van der Waals surface area contributed by atoms with Gasteiger partial charge in [0, 0.05) is 29.4 Å². The van der Waals surface area contributed by atoms with Crippen molar-refractivity contribution in [1.82, 2.24) is 14.5 Å². The number of hydrogen-bond acceptors (Lipinski definition) is 5. The summed E-state index contributed by atoms with van der Waals surface area (Å²) in [5.41, 5.74) is 0.634. The van der Waals surface area contributed by atoms with E-state index >= 15 is 0 Å². The summed E-state index contributed by atoms with van der Waals surface area (Å²) in [6.45, 7) is 3.31. The number of carboxylic acid groups (broad SMARTS) is 1. The van der Waals surface area contributed by atoms with Crippen LogP contribution in [0.2, 0.25) is 0 Å². The van der Waals surface area contributed by atoms with E-state index in [0.717, 1.165) is 35.2 Å². The van der Waals surface area contributed by atoms with Gasteiger partial charge in [-0.25, -0.2) is 4.98 Å². The maximum Gasteiger partial charge on any atom is 0.310 e. The van der Waals surface area contributed by atoms with Gasteiger partial charge in [-0.15, -0.1) is 11.3 Å². The van der Waals surface area contributed by atoms with Crippen molar-refractivity contribution >= 4 is 27.5 Å². The third kappa shape index (κ3) is 2.63. The van der Waals surface area contributed by atoms with E-state index in [2.05, 4.69) is 4.98 Å². The molecule has 3 aromatic rings. The molecule has 134 valence electrons. The lowest BCUT2D eigenvalue weighted by molar-refractivity contribution is -0.147. The molecule has 6 nitrogen and oxygen atoms in total. The lowest BCUT2D eigenvalue weighted by atomic mass is 9.93. The van der Waals surface area contributed by atoms with E-state index in [-0.39, 0.29) is 12.1 Å². The van der Waals surface area contributed by atoms with E-state index in [9.17, 15) is 14.7 Å². The van der Waals surface area contributed by atoms with Crippen LogP contribution in [0.25, 0.3) is 21.6 Å². The number of fused-ring (bicyclic) bond motifs is 3. The molecule has 1 N–H and O–H groups in total. The zero-order valence-corrected chi connectivity index (χ0v) is 15.5. The van der Waals surface area contributed by atoms with Crippen LogP contribution in [-0.4, -0.2) is 25.6 Å². The van der Waals surface area contributed by atoms with Crippen molar-refractivity contribution in [3.05, 3.63) is 45.3 Å². The number of aryl methyl sites for hydroxylation is 2. The van der Waals surface area contributed by atoms with Crippen LogP contribution in [-0.2, 0) is 24.2 Å². The van der Waals surface area contributed by atoms with E-state index in [0.29, 0.717) is 11.2 Å². The van der Waals surface area contributed by atoms with Crippen molar-refractivity contribution in [2.45, 2.75) is 39.7 Å². The van der Waals surface area contributed by atoms with Crippen LogP contribution in [0.3, 0.4) is 0 Å². The highest BCUT2D eigenvalue weighted by atomic mass is 32.1. The third-order valence-electron chi connectivity index (χ3n) is 4.90. The van der Waals surface area contributed by atoms with Gasteiger partial charge in [-0.3, -0.25) is 19.1 Å². The number of carbonyl (C=O) groups is 1. The number of nitrogens with zero attached hydrogens (tertiary/aromatic N) is 3. The molecule has 0 unspecified atom stereocenters. The van der Waals surface area contributed by atoms with E-state index in [4.69, 9.17) is 4.98 Å². The minimum Gasteiger partial charge on any atom is -0.481 e. The number of thiophene rings is 1. The van der Waals surface area contributed by atoms with Crippen molar-refractivity contribution < 1.29 is 9.90 Å². The largest absolute Gasteiger partial charge is 0.481 e. The molecule has 0 saturated heterocycles. The van der Waals surface area contributed by atoms with Gasteiger partial charge in [-0.2, -0.15) is 0 Å². The van der Waals surface area contributed by atoms with Gasteiger partial charge in [0.25, 0.3) is 5.56 Å². The summed E-state index contributed by atoms with van der Waals surface area (Å²) in [5, 5.41) is 10.2. The van der Waals surface area contributed by atoms with Gasteiger partial charge in [0.15, 0.2) is 0 Å². The fourth-order valence-electron chi connectivity index (χ4n) is 3.41. The Morgan fingerprint density at radius 2 is 2.04 bits per heavy atom. The van der Waals surface area contributed by atoms with E-state index < -0.39 is 11.4 Å². The quantitative estimate of drug-likeness (QED) is 0.764. The van der Waals surface area contributed by atoms with Gasteiger partial charge in [-0.1, -0.05) is 0 Å². The molecular formula is C19H19N3O3S. The maximum atomic E-state index is 13.4. The highest BCUT2D eigenvalue weighted by Crippen LogP contribution is 2.36. The van der Waals surface area contributed by atoms with E-state index in [1.807, 2.05) is 0 Å². The number of aromatic nitrogens is 3. The van der Waals surface area contributed by atoms with Crippen molar-refractivity contribution in [1.29, 1.82) is 0 Å².